The van der Waals surface area contributed by atoms with Gasteiger partial charge in [-0.05, 0) is 74.3 Å². The molecule has 0 unspecified atom stereocenters. The maximum absolute atomic E-state index is 9.75. The van der Waals surface area contributed by atoms with Crippen LogP contribution in [0.25, 0.3) is 5.82 Å². The molecular formula is C46H39BCl2CuF4N3OP2. The molecule has 0 saturated carbocycles. The minimum atomic E-state index is -6.00. The molecule has 0 bridgehead atoms. The van der Waals surface area contributed by atoms with E-state index >= 15 is 0 Å². The van der Waals surface area contributed by atoms with E-state index in [9.17, 15) is 17.3 Å². The van der Waals surface area contributed by atoms with Gasteiger partial charge in [-0.15, -0.1) is 23.2 Å². The second-order valence-electron chi connectivity index (χ2n) is 12.2. The number of halogens is 6. The maximum Gasteiger partial charge on any atom is 1.00 e. The topological polar surface area (TPSA) is 39.9 Å². The SMILES string of the molecule is Cc1ccn(-c2ccccn2)n1.ClCCl.F[B-](F)(F)F.[Cu+].c1ccc(P(c2ccccc2)c2ccccc2Oc2ccccc2P(c2ccccc2)c2ccccc2)cc1. The molecule has 2 aromatic heterocycles. The van der Waals surface area contributed by atoms with E-state index in [1.54, 1.807) is 10.9 Å². The summed E-state index contributed by atoms with van der Waals surface area (Å²) in [5.74, 6) is 2.66. The van der Waals surface area contributed by atoms with Crippen LogP contribution in [0.15, 0.2) is 207 Å². The molecule has 2 heterocycles. The zero-order chi connectivity index (χ0) is 41.9. The zero-order valence-electron chi connectivity index (χ0n) is 32.1. The summed E-state index contributed by atoms with van der Waals surface area (Å²) in [5, 5.41) is 12.1. The zero-order valence-corrected chi connectivity index (χ0v) is 36.4. The van der Waals surface area contributed by atoms with Crippen molar-refractivity contribution in [2.75, 3.05) is 5.34 Å². The van der Waals surface area contributed by atoms with Crippen molar-refractivity contribution in [3.63, 3.8) is 0 Å². The quantitative estimate of drug-likeness (QED) is 0.0627. The summed E-state index contributed by atoms with van der Waals surface area (Å²) in [6.07, 6.45) is 3.66. The number of aryl methyl sites for hydroxylation is 1. The maximum atomic E-state index is 9.75. The first-order chi connectivity index (χ1) is 28.7. The fourth-order valence-electron chi connectivity index (χ4n) is 5.77. The number of hydrogen-bond acceptors (Lipinski definition) is 3. The summed E-state index contributed by atoms with van der Waals surface area (Å²) in [6, 6.07) is 67.9. The number of benzene rings is 6. The Kier molecular flexibility index (Phi) is 20.0. The number of alkyl halides is 2. The Balaban J connectivity index is 0.000000312. The van der Waals surface area contributed by atoms with Gasteiger partial charge in [-0.25, -0.2) is 9.67 Å². The summed E-state index contributed by atoms with van der Waals surface area (Å²) in [5.41, 5.74) is 1.00. The normalized spacial score (nSPS) is 10.5. The van der Waals surface area contributed by atoms with Gasteiger partial charge in [0.2, 0.25) is 0 Å². The smallest absolute Gasteiger partial charge is 0.456 e. The summed E-state index contributed by atoms with van der Waals surface area (Å²) in [4.78, 5) is 4.16. The van der Waals surface area contributed by atoms with Gasteiger partial charge in [0.1, 0.15) is 11.5 Å². The number of ether oxygens (including phenoxy) is 1. The molecule has 0 spiro atoms. The van der Waals surface area contributed by atoms with Crippen molar-refractivity contribution < 1.29 is 39.1 Å². The molecule has 8 rings (SSSR count). The van der Waals surface area contributed by atoms with Crippen LogP contribution in [0, 0.1) is 6.92 Å². The third-order valence-corrected chi connectivity index (χ3v) is 13.1. The fraction of sp³-hybridized carbons (Fsp3) is 0.0435. The van der Waals surface area contributed by atoms with Crippen LogP contribution in [-0.2, 0) is 17.1 Å². The number of rotatable bonds is 9. The van der Waals surface area contributed by atoms with Crippen LogP contribution in [-0.4, -0.2) is 27.4 Å². The van der Waals surface area contributed by atoms with Crippen molar-refractivity contribution in [3.05, 3.63) is 212 Å². The first kappa shape index (κ1) is 47.9. The number of para-hydroxylation sites is 2. The molecule has 0 saturated heterocycles. The van der Waals surface area contributed by atoms with Crippen molar-refractivity contribution >= 4 is 78.1 Å². The van der Waals surface area contributed by atoms with Gasteiger partial charge >= 0.3 is 24.3 Å². The van der Waals surface area contributed by atoms with Crippen molar-refractivity contribution in [2.24, 2.45) is 0 Å². The molecule has 0 radical (unpaired) electrons. The molecule has 4 nitrogen and oxygen atoms in total. The summed E-state index contributed by atoms with van der Waals surface area (Å²) in [7, 11) is -7.59. The van der Waals surface area contributed by atoms with Gasteiger partial charge in [-0.2, -0.15) is 5.10 Å². The first-order valence-corrected chi connectivity index (χ1v) is 22.0. The van der Waals surface area contributed by atoms with Crippen molar-refractivity contribution in [1.82, 2.24) is 14.8 Å². The Morgan fingerprint density at radius 3 is 1.17 bits per heavy atom. The second kappa shape index (κ2) is 25.1. The molecular weight excluding hydrogens is 894 g/mol. The van der Waals surface area contributed by atoms with Crippen LogP contribution in [0.3, 0.4) is 0 Å². The average molecular weight is 933 g/mol. The van der Waals surface area contributed by atoms with Gasteiger partial charge < -0.3 is 22.0 Å². The number of nitrogens with zero attached hydrogens (tertiary/aromatic N) is 3. The molecule has 60 heavy (non-hydrogen) atoms. The molecule has 0 aliphatic rings. The van der Waals surface area contributed by atoms with Crippen molar-refractivity contribution in [3.8, 4) is 17.3 Å². The molecule has 0 fully saturated rings. The van der Waals surface area contributed by atoms with E-state index in [2.05, 4.69) is 180 Å². The molecule has 310 valence electrons. The average Bonchev–Trinajstić information content (AvgIpc) is 3.70. The standard InChI is InChI=1S/C36H28OP2.C9H9N3.CH2Cl2.BF4.Cu/c1-5-17-29(18-6-1)38(30-19-7-2-8-20-30)35-27-15-13-25-33(35)37-34-26-14-16-28-36(34)39(31-21-9-3-10-22-31)32-23-11-4-12-24-32;1-8-5-7-12(11-8)9-4-2-3-6-10-9;2-1-3;2-1(3,4)5;/h1-28H;2-7H,1H3;1H2;;/q;;;-1;+1. The molecule has 0 aliphatic heterocycles. The van der Waals surface area contributed by atoms with Crippen LogP contribution in [0.4, 0.5) is 17.3 Å². The van der Waals surface area contributed by atoms with E-state index in [4.69, 9.17) is 27.9 Å². The van der Waals surface area contributed by atoms with Crippen LogP contribution in [0.2, 0.25) is 0 Å². The van der Waals surface area contributed by atoms with Gasteiger partial charge in [0.05, 0.1) is 11.0 Å². The summed E-state index contributed by atoms with van der Waals surface area (Å²) < 4.78 is 47.7. The van der Waals surface area contributed by atoms with Gasteiger partial charge in [0, 0.05) is 23.0 Å². The Labute approximate surface area is 371 Å². The Bertz CT molecular complexity index is 2200. The molecule has 0 amide bonds. The Hall–Kier alpha value is -4.78. The van der Waals surface area contributed by atoms with Crippen LogP contribution in [0.5, 0.6) is 11.5 Å². The van der Waals surface area contributed by atoms with Gasteiger partial charge in [0.25, 0.3) is 0 Å². The molecule has 0 aliphatic carbocycles. The summed E-state index contributed by atoms with van der Waals surface area (Å²) in [6.45, 7) is 1.96. The number of aromatic nitrogens is 3. The number of pyridine rings is 1. The van der Waals surface area contributed by atoms with Gasteiger partial charge in [-0.3, -0.25) is 0 Å². The molecule has 14 heteroatoms. The Morgan fingerprint density at radius 2 is 0.850 bits per heavy atom. The molecule has 8 aromatic rings. The van der Waals surface area contributed by atoms with Crippen molar-refractivity contribution in [1.29, 1.82) is 0 Å². The van der Waals surface area contributed by atoms with E-state index in [0.717, 1.165) is 23.0 Å². The van der Waals surface area contributed by atoms with Crippen LogP contribution < -0.4 is 36.6 Å². The predicted molar refractivity (Wildman–Crippen MR) is 243 cm³/mol. The number of hydrogen-bond donors (Lipinski definition) is 0. The summed E-state index contributed by atoms with van der Waals surface area (Å²) >= 11 is 9.53. The van der Waals surface area contributed by atoms with Crippen molar-refractivity contribution in [2.45, 2.75) is 6.92 Å². The van der Waals surface area contributed by atoms with E-state index in [-0.39, 0.29) is 22.4 Å². The van der Waals surface area contributed by atoms with E-state index in [0.29, 0.717) is 0 Å². The largest absolute Gasteiger partial charge is 1.00 e. The minimum absolute atomic E-state index is 0. The fourth-order valence-corrected chi connectivity index (χ4v) is 10.5. The third-order valence-electron chi connectivity index (χ3n) is 8.10. The van der Waals surface area contributed by atoms with E-state index in [1.165, 1.54) is 31.8 Å². The Morgan fingerprint density at radius 1 is 0.517 bits per heavy atom. The van der Waals surface area contributed by atoms with Crippen LogP contribution in [0.1, 0.15) is 5.69 Å². The van der Waals surface area contributed by atoms with Gasteiger partial charge in [-0.1, -0.05) is 164 Å². The third kappa shape index (κ3) is 15.0. The van der Waals surface area contributed by atoms with Crippen LogP contribution >= 0.6 is 39.0 Å². The van der Waals surface area contributed by atoms with E-state index < -0.39 is 23.1 Å². The second-order valence-corrected chi connectivity index (χ2v) is 17.4. The molecule has 6 aromatic carbocycles. The predicted octanol–water partition coefficient (Wildman–Crippen LogP) is 11.3. The van der Waals surface area contributed by atoms with Gasteiger partial charge in [0.15, 0.2) is 5.82 Å². The molecule has 0 N–H and O–H groups in total. The molecule has 0 atom stereocenters. The van der Waals surface area contributed by atoms with E-state index in [1.807, 2.05) is 37.4 Å². The monoisotopic (exact) mass is 931 g/mol. The first-order valence-electron chi connectivity index (χ1n) is 18.3. The minimum Gasteiger partial charge on any atom is -0.456 e.